The van der Waals surface area contributed by atoms with Crippen LogP contribution in [0.15, 0.2) is 48.5 Å². The minimum Gasteiger partial charge on any atom is -0.465 e. The summed E-state index contributed by atoms with van der Waals surface area (Å²) < 4.78 is 4.77. The Morgan fingerprint density at radius 3 is 2.46 bits per heavy atom. The molecule has 0 aliphatic carbocycles. The Morgan fingerprint density at radius 1 is 1.08 bits per heavy atom. The molecule has 0 unspecified atom stereocenters. The second kappa shape index (κ2) is 8.80. The minimum atomic E-state index is -0.531. The molecule has 0 saturated heterocycles. The molecule has 0 fully saturated rings. The van der Waals surface area contributed by atoms with Crippen LogP contribution in [0, 0.1) is 6.92 Å². The standard InChI is InChI=1S/C20H22N2O4/c1-14-7-6-8-16(13-14)21-19(24)11-12-22(15(2)23)18-10-5-4-9-17(18)20(25)26-3/h4-10,13H,11-12H2,1-3H3,(H,21,24). The Bertz CT molecular complexity index is 817. The Kier molecular flexibility index (Phi) is 6.49. The highest BCUT2D eigenvalue weighted by Crippen LogP contribution is 2.22. The van der Waals surface area contributed by atoms with Gasteiger partial charge in [-0.1, -0.05) is 24.3 Å². The van der Waals surface area contributed by atoms with Crippen molar-refractivity contribution in [2.75, 3.05) is 23.9 Å². The molecular formula is C20H22N2O4. The van der Waals surface area contributed by atoms with Crippen LogP contribution in [0.3, 0.4) is 0 Å². The molecule has 2 rings (SSSR count). The lowest BCUT2D eigenvalue weighted by atomic mass is 10.1. The fraction of sp³-hybridized carbons (Fsp3) is 0.250. The van der Waals surface area contributed by atoms with Gasteiger partial charge in [-0.05, 0) is 36.8 Å². The monoisotopic (exact) mass is 354 g/mol. The number of aryl methyl sites for hydroxylation is 1. The molecule has 0 saturated carbocycles. The summed E-state index contributed by atoms with van der Waals surface area (Å²) in [4.78, 5) is 37.6. The fourth-order valence-electron chi connectivity index (χ4n) is 2.60. The van der Waals surface area contributed by atoms with E-state index < -0.39 is 5.97 Å². The third-order valence-electron chi connectivity index (χ3n) is 3.84. The van der Waals surface area contributed by atoms with Crippen LogP contribution in [0.25, 0.3) is 0 Å². The molecule has 0 heterocycles. The number of methoxy groups -OCH3 is 1. The summed E-state index contributed by atoms with van der Waals surface area (Å²) >= 11 is 0. The van der Waals surface area contributed by atoms with Gasteiger partial charge in [0.1, 0.15) is 0 Å². The largest absolute Gasteiger partial charge is 0.465 e. The summed E-state index contributed by atoms with van der Waals surface area (Å²) in [6, 6.07) is 14.1. The summed E-state index contributed by atoms with van der Waals surface area (Å²) in [5.41, 5.74) is 2.46. The fourth-order valence-corrected chi connectivity index (χ4v) is 2.60. The molecule has 1 N–H and O–H groups in total. The van der Waals surface area contributed by atoms with Crippen molar-refractivity contribution in [3.05, 3.63) is 59.7 Å². The molecule has 2 amide bonds. The van der Waals surface area contributed by atoms with Crippen molar-refractivity contribution in [2.24, 2.45) is 0 Å². The van der Waals surface area contributed by atoms with E-state index in [9.17, 15) is 14.4 Å². The number of esters is 1. The van der Waals surface area contributed by atoms with E-state index >= 15 is 0 Å². The van der Waals surface area contributed by atoms with E-state index in [1.165, 1.54) is 18.9 Å². The first kappa shape index (κ1) is 19.2. The molecule has 6 heteroatoms. The van der Waals surface area contributed by atoms with Gasteiger partial charge >= 0.3 is 5.97 Å². The van der Waals surface area contributed by atoms with Crippen LogP contribution in [0.1, 0.15) is 29.3 Å². The maximum Gasteiger partial charge on any atom is 0.339 e. The number of rotatable bonds is 6. The molecule has 0 spiro atoms. The van der Waals surface area contributed by atoms with E-state index in [1.54, 1.807) is 30.3 Å². The number of carbonyl (C=O) groups is 3. The third kappa shape index (κ3) is 4.92. The van der Waals surface area contributed by atoms with Crippen LogP contribution in [-0.2, 0) is 14.3 Å². The van der Waals surface area contributed by atoms with Gasteiger partial charge in [0.25, 0.3) is 0 Å². The number of para-hydroxylation sites is 1. The molecule has 0 aliphatic rings. The molecule has 0 aromatic heterocycles. The molecule has 26 heavy (non-hydrogen) atoms. The minimum absolute atomic E-state index is 0.100. The highest BCUT2D eigenvalue weighted by molar-refractivity contribution is 6.02. The van der Waals surface area contributed by atoms with Gasteiger partial charge in [0.2, 0.25) is 11.8 Å². The Morgan fingerprint density at radius 2 is 1.81 bits per heavy atom. The third-order valence-corrected chi connectivity index (χ3v) is 3.84. The van der Waals surface area contributed by atoms with Gasteiger partial charge in [-0.2, -0.15) is 0 Å². The van der Waals surface area contributed by atoms with Crippen LogP contribution < -0.4 is 10.2 Å². The number of hydrogen-bond acceptors (Lipinski definition) is 4. The highest BCUT2D eigenvalue weighted by atomic mass is 16.5. The van der Waals surface area contributed by atoms with Crippen LogP contribution in [-0.4, -0.2) is 31.4 Å². The van der Waals surface area contributed by atoms with Gasteiger partial charge in [0.05, 0.1) is 18.4 Å². The van der Waals surface area contributed by atoms with Crippen LogP contribution in [0.2, 0.25) is 0 Å². The van der Waals surface area contributed by atoms with Crippen LogP contribution in [0.5, 0.6) is 0 Å². The summed E-state index contributed by atoms with van der Waals surface area (Å²) in [5, 5.41) is 2.81. The predicted octanol–water partition coefficient (Wildman–Crippen LogP) is 3.16. The van der Waals surface area contributed by atoms with E-state index in [0.29, 0.717) is 11.4 Å². The number of benzene rings is 2. The second-order valence-corrected chi connectivity index (χ2v) is 5.85. The zero-order chi connectivity index (χ0) is 19.1. The molecule has 136 valence electrons. The van der Waals surface area contributed by atoms with Crippen molar-refractivity contribution in [2.45, 2.75) is 20.3 Å². The maximum absolute atomic E-state index is 12.2. The van der Waals surface area contributed by atoms with Gasteiger partial charge in [-0.25, -0.2) is 4.79 Å². The number of carbonyl (C=O) groups excluding carboxylic acids is 3. The highest BCUT2D eigenvalue weighted by Gasteiger charge is 2.20. The first-order valence-corrected chi connectivity index (χ1v) is 8.24. The lowest BCUT2D eigenvalue weighted by molar-refractivity contribution is -0.117. The zero-order valence-corrected chi connectivity index (χ0v) is 15.1. The lowest BCUT2D eigenvalue weighted by Crippen LogP contribution is -2.33. The number of nitrogens with one attached hydrogen (secondary N) is 1. The average Bonchev–Trinajstić information content (AvgIpc) is 2.61. The van der Waals surface area contributed by atoms with E-state index in [2.05, 4.69) is 5.32 Å². The number of amides is 2. The first-order chi connectivity index (χ1) is 12.4. The van der Waals surface area contributed by atoms with Crippen molar-refractivity contribution >= 4 is 29.2 Å². The van der Waals surface area contributed by atoms with Gasteiger partial charge in [-0.15, -0.1) is 0 Å². The van der Waals surface area contributed by atoms with E-state index in [0.717, 1.165) is 5.56 Å². The summed E-state index contributed by atoms with van der Waals surface area (Å²) in [7, 11) is 1.28. The zero-order valence-electron chi connectivity index (χ0n) is 15.1. The Hall–Kier alpha value is -3.15. The van der Waals surface area contributed by atoms with Crippen molar-refractivity contribution < 1.29 is 19.1 Å². The molecule has 6 nitrogen and oxygen atoms in total. The second-order valence-electron chi connectivity index (χ2n) is 5.85. The Balaban J connectivity index is 2.11. The predicted molar refractivity (Wildman–Crippen MR) is 100 cm³/mol. The van der Waals surface area contributed by atoms with Gasteiger partial charge in [0, 0.05) is 25.6 Å². The average molecular weight is 354 g/mol. The van der Waals surface area contributed by atoms with E-state index in [4.69, 9.17) is 4.74 Å². The summed E-state index contributed by atoms with van der Waals surface area (Å²) in [6.45, 7) is 3.49. The molecule has 2 aromatic carbocycles. The molecule has 0 radical (unpaired) electrons. The SMILES string of the molecule is COC(=O)c1ccccc1N(CCC(=O)Nc1cccc(C)c1)C(C)=O. The van der Waals surface area contributed by atoms with E-state index in [-0.39, 0.29) is 30.3 Å². The van der Waals surface area contributed by atoms with Gasteiger partial charge in [-0.3, -0.25) is 9.59 Å². The number of ether oxygens (including phenoxy) is 1. The first-order valence-electron chi connectivity index (χ1n) is 8.24. The van der Waals surface area contributed by atoms with E-state index in [1.807, 2.05) is 25.1 Å². The molecule has 0 atom stereocenters. The number of anilines is 2. The van der Waals surface area contributed by atoms with Gasteiger partial charge < -0.3 is 15.0 Å². The quantitative estimate of drug-likeness (QED) is 0.809. The van der Waals surface area contributed by atoms with Crippen molar-refractivity contribution in [1.82, 2.24) is 0 Å². The Labute approximate surface area is 152 Å². The normalized spacial score (nSPS) is 10.1. The maximum atomic E-state index is 12.2. The number of hydrogen-bond donors (Lipinski definition) is 1. The van der Waals surface area contributed by atoms with Crippen molar-refractivity contribution in [1.29, 1.82) is 0 Å². The lowest BCUT2D eigenvalue weighted by Gasteiger charge is -2.23. The number of nitrogens with zero attached hydrogens (tertiary/aromatic N) is 1. The summed E-state index contributed by atoms with van der Waals surface area (Å²) in [6.07, 6.45) is 0.100. The topological polar surface area (TPSA) is 75.7 Å². The molecular weight excluding hydrogens is 332 g/mol. The van der Waals surface area contributed by atoms with Crippen molar-refractivity contribution in [3.63, 3.8) is 0 Å². The van der Waals surface area contributed by atoms with Crippen LogP contribution in [0.4, 0.5) is 11.4 Å². The van der Waals surface area contributed by atoms with Crippen LogP contribution >= 0.6 is 0 Å². The van der Waals surface area contributed by atoms with Crippen molar-refractivity contribution in [3.8, 4) is 0 Å². The molecule has 0 bridgehead atoms. The van der Waals surface area contributed by atoms with Gasteiger partial charge in [0.15, 0.2) is 0 Å². The smallest absolute Gasteiger partial charge is 0.339 e. The summed E-state index contributed by atoms with van der Waals surface area (Å²) in [5.74, 6) is -1.00. The molecule has 0 aliphatic heterocycles. The molecule has 2 aromatic rings.